The zero-order chi connectivity index (χ0) is 13.9. The summed E-state index contributed by atoms with van der Waals surface area (Å²) in [4.78, 5) is 0. The molecule has 3 N–H and O–H groups in total. The second-order valence-corrected chi connectivity index (χ2v) is 4.45. The van der Waals surface area contributed by atoms with E-state index < -0.39 is 0 Å². The van der Waals surface area contributed by atoms with Crippen molar-refractivity contribution in [2.75, 3.05) is 5.73 Å². The van der Waals surface area contributed by atoms with Gasteiger partial charge in [0.15, 0.2) is 5.82 Å². The van der Waals surface area contributed by atoms with Gasteiger partial charge in [0.05, 0.1) is 6.54 Å². The third-order valence-electron chi connectivity index (χ3n) is 2.97. The third-order valence-corrected chi connectivity index (χ3v) is 2.97. The third kappa shape index (κ3) is 2.44. The molecule has 0 fully saturated rings. The summed E-state index contributed by atoms with van der Waals surface area (Å²) in [7, 11) is 0. The van der Waals surface area contributed by atoms with Gasteiger partial charge in [0.2, 0.25) is 0 Å². The summed E-state index contributed by atoms with van der Waals surface area (Å²) >= 11 is 0. The smallest absolute Gasteiger partial charge is 0.182 e. The largest absolute Gasteiger partial charge is 0.508 e. The fraction of sp³-hybridized carbons (Fsp3) is 0.0714. The van der Waals surface area contributed by atoms with E-state index in [1.54, 1.807) is 28.9 Å². The van der Waals surface area contributed by atoms with Gasteiger partial charge in [0.25, 0.3) is 0 Å². The van der Waals surface area contributed by atoms with Gasteiger partial charge in [-0.25, -0.2) is 4.68 Å². The Morgan fingerprint density at radius 2 is 1.70 bits per heavy atom. The molecule has 0 atom stereocenters. The molecular weight excluding hydrogens is 254 g/mol. The highest BCUT2D eigenvalue weighted by molar-refractivity contribution is 5.55. The number of nitrogens with zero attached hydrogens (tertiary/aromatic N) is 4. The number of hydrogen-bond acceptors (Lipinski definition) is 5. The van der Waals surface area contributed by atoms with Crippen LogP contribution in [-0.4, -0.2) is 25.3 Å². The molecule has 1 aromatic heterocycles. The number of nitrogens with two attached hydrogens (primary N) is 1. The maximum Gasteiger partial charge on any atom is 0.182 e. The van der Waals surface area contributed by atoms with Crippen LogP contribution in [0.3, 0.4) is 0 Å². The maximum absolute atomic E-state index is 9.31. The van der Waals surface area contributed by atoms with Crippen molar-refractivity contribution in [1.29, 1.82) is 0 Å². The summed E-state index contributed by atoms with van der Waals surface area (Å²) in [6.45, 7) is 0.559. The average Bonchev–Trinajstić information content (AvgIpc) is 2.90. The Labute approximate surface area is 115 Å². The first-order chi connectivity index (χ1) is 9.72. The molecule has 1 heterocycles. The number of rotatable bonds is 3. The molecule has 100 valence electrons. The number of aromatic nitrogens is 4. The number of nitrogen functional groups attached to an aromatic ring is 1. The van der Waals surface area contributed by atoms with Gasteiger partial charge in [-0.3, -0.25) is 0 Å². The number of phenols is 1. The van der Waals surface area contributed by atoms with Gasteiger partial charge in [-0.15, -0.1) is 5.10 Å². The first-order valence-electron chi connectivity index (χ1n) is 6.12. The summed E-state index contributed by atoms with van der Waals surface area (Å²) in [6.07, 6.45) is 0. The van der Waals surface area contributed by atoms with Crippen molar-refractivity contribution in [3.05, 3.63) is 54.1 Å². The summed E-state index contributed by atoms with van der Waals surface area (Å²) in [5.74, 6) is 0.869. The van der Waals surface area contributed by atoms with E-state index in [-0.39, 0.29) is 5.75 Å². The average molecular weight is 267 g/mol. The molecule has 3 rings (SSSR count). The van der Waals surface area contributed by atoms with Crippen LogP contribution < -0.4 is 5.73 Å². The lowest BCUT2D eigenvalue weighted by molar-refractivity contribution is 0.475. The van der Waals surface area contributed by atoms with E-state index in [4.69, 9.17) is 5.73 Å². The number of aromatic hydroxyl groups is 1. The molecule has 0 aliphatic rings. The molecule has 0 saturated heterocycles. The van der Waals surface area contributed by atoms with Gasteiger partial charge >= 0.3 is 0 Å². The molecule has 0 aliphatic heterocycles. The van der Waals surface area contributed by atoms with Gasteiger partial charge in [0, 0.05) is 11.3 Å². The second kappa shape index (κ2) is 5.00. The molecule has 20 heavy (non-hydrogen) atoms. The number of anilines is 1. The molecule has 0 unspecified atom stereocenters. The van der Waals surface area contributed by atoms with Crippen molar-refractivity contribution < 1.29 is 5.11 Å². The molecule has 2 aromatic carbocycles. The van der Waals surface area contributed by atoms with Crippen molar-refractivity contribution in [3.63, 3.8) is 0 Å². The van der Waals surface area contributed by atoms with Crippen LogP contribution >= 0.6 is 0 Å². The van der Waals surface area contributed by atoms with Crippen LogP contribution in [0.4, 0.5) is 5.69 Å². The van der Waals surface area contributed by atoms with Crippen molar-refractivity contribution in [1.82, 2.24) is 20.2 Å². The minimum absolute atomic E-state index is 0.214. The second-order valence-electron chi connectivity index (χ2n) is 4.45. The van der Waals surface area contributed by atoms with Crippen LogP contribution in [0.25, 0.3) is 11.4 Å². The van der Waals surface area contributed by atoms with Gasteiger partial charge in [0.1, 0.15) is 5.75 Å². The van der Waals surface area contributed by atoms with E-state index in [1.807, 2.05) is 24.3 Å². The summed E-state index contributed by atoms with van der Waals surface area (Å²) in [5.41, 5.74) is 8.30. The summed E-state index contributed by atoms with van der Waals surface area (Å²) in [6, 6.07) is 14.4. The quantitative estimate of drug-likeness (QED) is 0.704. The van der Waals surface area contributed by atoms with E-state index in [1.165, 1.54) is 0 Å². The Morgan fingerprint density at radius 1 is 1.00 bits per heavy atom. The number of benzene rings is 2. The lowest BCUT2D eigenvalue weighted by atomic mass is 10.2. The molecule has 0 spiro atoms. The Balaban J connectivity index is 1.90. The van der Waals surface area contributed by atoms with E-state index in [9.17, 15) is 5.11 Å². The first-order valence-corrected chi connectivity index (χ1v) is 6.12. The van der Waals surface area contributed by atoms with Crippen LogP contribution in [0.2, 0.25) is 0 Å². The SMILES string of the molecule is Nc1ccc(Cn2nnnc2-c2ccc(O)cc2)cc1. The van der Waals surface area contributed by atoms with E-state index in [2.05, 4.69) is 15.5 Å². The number of tetrazole rings is 1. The topological polar surface area (TPSA) is 89.9 Å². The molecule has 0 radical (unpaired) electrons. The van der Waals surface area contributed by atoms with E-state index >= 15 is 0 Å². The molecule has 0 bridgehead atoms. The predicted octanol–water partition coefficient (Wildman–Crippen LogP) is 1.68. The minimum Gasteiger partial charge on any atom is -0.508 e. The van der Waals surface area contributed by atoms with Crippen molar-refractivity contribution in [2.24, 2.45) is 0 Å². The standard InChI is InChI=1S/C14H13N5O/c15-12-5-1-10(2-6-12)9-19-14(16-17-18-19)11-3-7-13(20)8-4-11/h1-8,20H,9,15H2. The normalized spacial score (nSPS) is 10.6. The molecule has 6 nitrogen and oxygen atoms in total. The van der Waals surface area contributed by atoms with Gasteiger partial charge in [-0.2, -0.15) is 0 Å². The Bertz CT molecular complexity index is 703. The minimum atomic E-state index is 0.214. The highest BCUT2D eigenvalue weighted by atomic mass is 16.3. The fourth-order valence-electron chi connectivity index (χ4n) is 1.92. The molecule has 3 aromatic rings. The lowest BCUT2D eigenvalue weighted by Gasteiger charge is -2.05. The van der Waals surface area contributed by atoms with Crippen LogP contribution in [-0.2, 0) is 6.54 Å². The molecule has 6 heteroatoms. The molecular formula is C14H13N5O. The Hall–Kier alpha value is -2.89. The van der Waals surface area contributed by atoms with Crippen molar-refractivity contribution >= 4 is 5.69 Å². The van der Waals surface area contributed by atoms with Crippen LogP contribution in [0.1, 0.15) is 5.56 Å². The van der Waals surface area contributed by atoms with Crippen LogP contribution in [0.15, 0.2) is 48.5 Å². The monoisotopic (exact) mass is 267 g/mol. The van der Waals surface area contributed by atoms with E-state index in [0.717, 1.165) is 16.8 Å². The van der Waals surface area contributed by atoms with Crippen molar-refractivity contribution in [2.45, 2.75) is 6.54 Å². The molecule has 0 amide bonds. The number of phenolic OH excluding ortho intramolecular Hbond substituents is 1. The lowest BCUT2D eigenvalue weighted by Crippen LogP contribution is -2.04. The Morgan fingerprint density at radius 3 is 2.40 bits per heavy atom. The predicted molar refractivity (Wildman–Crippen MR) is 74.9 cm³/mol. The fourth-order valence-corrected chi connectivity index (χ4v) is 1.92. The number of hydrogen-bond donors (Lipinski definition) is 2. The summed E-state index contributed by atoms with van der Waals surface area (Å²) < 4.78 is 1.71. The highest BCUT2D eigenvalue weighted by Crippen LogP contribution is 2.19. The highest BCUT2D eigenvalue weighted by Gasteiger charge is 2.09. The molecule has 0 aliphatic carbocycles. The first kappa shape index (κ1) is 12.2. The maximum atomic E-state index is 9.31. The van der Waals surface area contributed by atoms with Crippen molar-refractivity contribution in [3.8, 4) is 17.1 Å². The molecule has 0 saturated carbocycles. The zero-order valence-corrected chi connectivity index (χ0v) is 10.6. The zero-order valence-electron chi connectivity index (χ0n) is 10.6. The van der Waals surface area contributed by atoms with Crippen LogP contribution in [0.5, 0.6) is 5.75 Å². The Kier molecular flexibility index (Phi) is 3.04. The van der Waals surface area contributed by atoms with Gasteiger partial charge in [-0.05, 0) is 52.4 Å². The van der Waals surface area contributed by atoms with Gasteiger partial charge in [-0.1, -0.05) is 12.1 Å². The van der Waals surface area contributed by atoms with Gasteiger partial charge < -0.3 is 10.8 Å². The van der Waals surface area contributed by atoms with Crippen LogP contribution in [0, 0.1) is 0 Å². The summed E-state index contributed by atoms with van der Waals surface area (Å²) in [5, 5.41) is 21.0. The van der Waals surface area contributed by atoms with E-state index in [0.29, 0.717) is 12.4 Å².